The van der Waals surface area contributed by atoms with Gasteiger partial charge in [0.25, 0.3) is 5.60 Å². The summed E-state index contributed by atoms with van der Waals surface area (Å²) in [5.74, 6) is -0.464. The molecule has 0 aliphatic carbocycles. The van der Waals surface area contributed by atoms with E-state index in [0.29, 0.717) is 18.4 Å². The molecule has 0 radical (unpaired) electrons. The van der Waals surface area contributed by atoms with Crippen LogP contribution in [-0.2, 0) is 25.7 Å². The standard InChI is InChI=1S/C18H23NO4/c1-13(2)10-15-18(12-20,23-17(3,4)19-15)16(21)22-11-14-8-6-5-7-9-14/h5-9,12-13H,10-11H2,1-4H3. The highest BCUT2D eigenvalue weighted by atomic mass is 16.6. The minimum absolute atomic E-state index is 0.0913. The molecule has 0 fully saturated rings. The number of carbonyl (C=O) groups excluding carboxylic acids is 2. The largest absolute Gasteiger partial charge is 0.458 e. The number of rotatable bonds is 6. The highest BCUT2D eigenvalue weighted by Crippen LogP contribution is 2.34. The Labute approximate surface area is 136 Å². The normalized spacial score (nSPS) is 22.7. The molecule has 0 aromatic heterocycles. The van der Waals surface area contributed by atoms with Gasteiger partial charge < -0.3 is 9.47 Å². The number of hydrogen-bond donors (Lipinski definition) is 0. The summed E-state index contributed by atoms with van der Waals surface area (Å²) in [5, 5.41) is 0. The van der Waals surface area contributed by atoms with Gasteiger partial charge in [0.15, 0.2) is 12.0 Å². The summed E-state index contributed by atoms with van der Waals surface area (Å²) < 4.78 is 11.0. The number of benzene rings is 1. The molecule has 0 saturated heterocycles. The first-order chi connectivity index (χ1) is 10.8. The topological polar surface area (TPSA) is 65.0 Å². The Hall–Kier alpha value is -2.01. The van der Waals surface area contributed by atoms with E-state index in [1.807, 2.05) is 44.2 Å². The van der Waals surface area contributed by atoms with Gasteiger partial charge in [0.2, 0.25) is 0 Å². The molecule has 0 N–H and O–H groups in total. The number of carbonyl (C=O) groups is 2. The molecule has 0 bridgehead atoms. The maximum Gasteiger partial charge on any atom is 0.352 e. The van der Waals surface area contributed by atoms with Crippen molar-refractivity contribution in [3.63, 3.8) is 0 Å². The average Bonchev–Trinajstić information content (AvgIpc) is 2.76. The molecule has 1 aliphatic rings. The van der Waals surface area contributed by atoms with Gasteiger partial charge in [-0.3, -0.25) is 9.79 Å². The summed E-state index contributed by atoms with van der Waals surface area (Å²) in [6, 6.07) is 9.31. The maximum absolute atomic E-state index is 12.6. The molecule has 1 unspecified atom stereocenters. The summed E-state index contributed by atoms with van der Waals surface area (Å²) in [6.45, 7) is 7.54. The van der Waals surface area contributed by atoms with E-state index in [2.05, 4.69) is 4.99 Å². The van der Waals surface area contributed by atoms with Crippen molar-refractivity contribution in [1.82, 2.24) is 0 Å². The Morgan fingerprint density at radius 2 is 1.96 bits per heavy atom. The maximum atomic E-state index is 12.6. The Bertz CT molecular complexity index is 607. The van der Waals surface area contributed by atoms with E-state index in [9.17, 15) is 9.59 Å². The minimum atomic E-state index is -1.73. The number of aldehydes is 1. The van der Waals surface area contributed by atoms with Crippen LogP contribution in [0.4, 0.5) is 0 Å². The van der Waals surface area contributed by atoms with Gasteiger partial charge in [-0.05, 0) is 31.7 Å². The first-order valence-electron chi connectivity index (χ1n) is 7.76. The van der Waals surface area contributed by atoms with Crippen LogP contribution in [-0.4, -0.2) is 29.3 Å². The first kappa shape index (κ1) is 17.3. The molecule has 5 nitrogen and oxygen atoms in total. The molecular formula is C18H23NO4. The van der Waals surface area contributed by atoms with E-state index in [0.717, 1.165) is 5.56 Å². The summed E-state index contributed by atoms with van der Waals surface area (Å²) >= 11 is 0. The predicted octanol–water partition coefficient (Wildman–Crippen LogP) is 2.92. The van der Waals surface area contributed by atoms with Gasteiger partial charge in [-0.2, -0.15) is 0 Å². The van der Waals surface area contributed by atoms with Crippen molar-refractivity contribution in [3.8, 4) is 0 Å². The van der Waals surface area contributed by atoms with Crippen molar-refractivity contribution in [2.45, 2.75) is 52.0 Å². The molecule has 2 rings (SSSR count). The van der Waals surface area contributed by atoms with Crippen molar-refractivity contribution in [2.24, 2.45) is 10.9 Å². The third-order valence-electron chi connectivity index (χ3n) is 3.53. The lowest BCUT2D eigenvalue weighted by molar-refractivity contribution is -0.174. The van der Waals surface area contributed by atoms with Gasteiger partial charge >= 0.3 is 5.97 Å². The van der Waals surface area contributed by atoms with Gasteiger partial charge in [0.1, 0.15) is 6.61 Å². The van der Waals surface area contributed by atoms with Gasteiger partial charge in [0.05, 0.1) is 5.71 Å². The van der Waals surface area contributed by atoms with Crippen molar-refractivity contribution in [3.05, 3.63) is 35.9 Å². The zero-order chi connectivity index (χ0) is 17.1. The lowest BCUT2D eigenvalue weighted by Crippen LogP contribution is -2.50. The zero-order valence-electron chi connectivity index (χ0n) is 14.0. The highest BCUT2D eigenvalue weighted by Gasteiger charge is 2.54. The van der Waals surface area contributed by atoms with Crippen LogP contribution in [0, 0.1) is 5.92 Å². The van der Waals surface area contributed by atoms with Crippen molar-refractivity contribution >= 4 is 18.0 Å². The van der Waals surface area contributed by atoms with Crippen LogP contribution >= 0.6 is 0 Å². The minimum Gasteiger partial charge on any atom is -0.458 e. The third-order valence-corrected chi connectivity index (χ3v) is 3.53. The van der Waals surface area contributed by atoms with Crippen molar-refractivity contribution < 1.29 is 19.1 Å². The third kappa shape index (κ3) is 3.85. The van der Waals surface area contributed by atoms with E-state index >= 15 is 0 Å². The van der Waals surface area contributed by atoms with Crippen LogP contribution in [0.3, 0.4) is 0 Å². The molecule has 124 valence electrons. The summed E-state index contributed by atoms with van der Waals surface area (Å²) in [6.07, 6.45) is 1.01. The fraction of sp³-hybridized carbons (Fsp3) is 0.500. The Balaban J connectivity index is 2.20. The van der Waals surface area contributed by atoms with Gasteiger partial charge in [0, 0.05) is 0 Å². The van der Waals surface area contributed by atoms with Crippen LogP contribution in [0.25, 0.3) is 0 Å². The van der Waals surface area contributed by atoms with Gasteiger partial charge in [-0.1, -0.05) is 44.2 Å². The highest BCUT2D eigenvalue weighted by molar-refractivity contribution is 6.23. The number of esters is 1. The van der Waals surface area contributed by atoms with Crippen LogP contribution in [0.1, 0.15) is 39.7 Å². The van der Waals surface area contributed by atoms with E-state index < -0.39 is 17.3 Å². The lowest BCUT2D eigenvalue weighted by Gasteiger charge is -2.25. The molecule has 0 saturated carbocycles. The second-order valence-electron chi connectivity index (χ2n) is 6.62. The smallest absolute Gasteiger partial charge is 0.352 e. The number of hydrogen-bond acceptors (Lipinski definition) is 5. The predicted molar refractivity (Wildman–Crippen MR) is 87.1 cm³/mol. The van der Waals surface area contributed by atoms with E-state index in [1.54, 1.807) is 13.8 Å². The first-order valence-corrected chi connectivity index (χ1v) is 7.76. The Morgan fingerprint density at radius 1 is 1.30 bits per heavy atom. The lowest BCUT2D eigenvalue weighted by atomic mass is 9.92. The van der Waals surface area contributed by atoms with Gasteiger partial charge in [-0.25, -0.2) is 4.79 Å². The van der Waals surface area contributed by atoms with Gasteiger partial charge in [-0.15, -0.1) is 0 Å². The SMILES string of the molecule is CC(C)CC1=NC(C)(C)OC1(C=O)C(=O)OCc1ccccc1. The van der Waals surface area contributed by atoms with E-state index in [4.69, 9.17) is 9.47 Å². The Morgan fingerprint density at radius 3 is 2.52 bits per heavy atom. The van der Waals surface area contributed by atoms with Crippen molar-refractivity contribution in [2.75, 3.05) is 0 Å². The van der Waals surface area contributed by atoms with Crippen LogP contribution in [0.5, 0.6) is 0 Å². The van der Waals surface area contributed by atoms with Crippen LogP contribution in [0.2, 0.25) is 0 Å². The number of nitrogens with zero attached hydrogens (tertiary/aromatic N) is 1. The molecule has 1 aliphatic heterocycles. The number of ether oxygens (including phenoxy) is 2. The molecule has 23 heavy (non-hydrogen) atoms. The zero-order valence-corrected chi connectivity index (χ0v) is 14.0. The van der Waals surface area contributed by atoms with E-state index in [1.165, 1.54) is 0 Å². The second kappa shape index (κ2) is 6.62. The average molecular weight is 317 g/mol. The fourth-order valence-corrected chi connectivity index (χ4v) is 2.60. The molecule has 0 spiro atoms. The quantitative estimate of drug-likeness (QED) is 0.460. The summed E-state index contributed by atoms with van der Waals surface area (Å²) in [4.78, 5) is 28.8. The molecule has 1 aromatic rings. The van der Waals surface area contributed by atoms with E-state index in [-0.39, 0.29) is 12.5 Å². The van der Waals surface area contributed by atoms with Crippen LogP contribution < -0.4 is 0 Å². The fourth-order valence-electron chi connectivity index (χ4n) is 2.60. The molecule has 1 heterocycles. The molecular weight excluding hydrogens is 294 g/mol. The molecule has 1 aromatic carbocycles. The van der Waals surface area contributed by atoms with Crippen molar-refractivity contribution in [1.29, 1.82) is 0 Å². The second-order valence-corrected chi connectivity index (χ2v) is 6.62. The summed E-state index contributed by atoms with van der Waals surface area (Å²) in [5.41, 5.74) is -1.37. The van der Waals surface area contributed by atoms with Crippen LogP contribution in [0.15, 0.2) is 35.3 Å². The number of aliphatic imine (C=N–C) groups is 1. The molecule has 1 atom stereocenters. The molecule has 0 amide bonds. The summed E-state index contributed by atoms with van der Waals surface area (Å²) in [7, 11) is 0. The molecule has 5 heteroatoms. The monoisotopic (exact) mass is 317 g/mol. The Kier molecular flexibility index (Phi) is 5.00.